The van der Waals surface area contributed by atoms with Gasteiger partial charge in [0.25, 0.3) is 0 Å². The summed E-state index contributed by atoms with van der Waals surface area (Å²) in [4.78, 5) is 55.1. The molecule has 0 unspecified atom stereocenters. The second kappa shape index (κ2) is 15.5. The van der Waals surface area contributed by atoms with Crippen LogP contribution in [0.25, 0.3) is 0 Å². The van der Waals surface area contributed by atoms with Crippen LogP contribution in [0.4, 0.5) is 0 Å². The number of carbonyl (C=O) groups is 4. The maximum Gasteiger partial charge on any atom is 0.319 e. The predicted octanol–water partition coefficient (Wildman–Crippen LogP) is -2.10. The third kappa shape index (κ3) is 11.4. The number of carbonyl (C=O) groups excluding carboxylic acids is 4. The maximum absolute atomic E-state index is 11.9. The molecule has 0 aromatic carbocycles. The molecule has 0 aromatic rings. The highest BCUT2D eigenvalue weighted by atomic mass is 16.5. The Hall–Kier alpha value is -2.28. The van der Waals surface area contributed by atoms with Crippen LogP contribution in [0.1, 0.15) is 0 Å². The van der Waals surface area contributed by atoms with Crippen LogP contribution in [0.5, 0.6) is 0 Å². The van der Waals surface area contributed by atoms with Gasteiger partial charge in [-0.1, -0.05) is 0 Å². The minimum atomic E-state index is -0.361. The number of esters is 4. The predicted molar refractivity (Wildman–Crippen MR) is 114 cm³/mol. The Kier molecular flexibility index (Phi) is 13.5. The van der Waals surface area contributed by atoms with Crippen LogP contribution >= 0.6 is 0 Å². The van der Waals surface area contributed by atoms with Crippen LogP contribution in [-0.2, 0) is 38.1 Å². The Balaban J connectivity index is 2.99. The van der Waals surface area contributed by atoms with Gasteiger partial charge in [-0.25, -0.2) is 0 Å². The van der Waals surface area contributed by atoms with E-state index in [0.717, 1.165) is 0 Å². The highest BCUT2D eigenvalue weighted by molar-refractivity contribution is 5.72. The average molecular weight is 461 g/mol. The summed E-state index contributed by atoms with van der Waals surface area (Å²) < 4.78 is 19.2. The van der Waals surface area contributed by atoms with Gasteiger partial charge in [0.1, 0.15) is 0 Å². The van der Waals surface area contributed by atoms with Crippen LogP contribution in [0.2, 0.25) is 0 Å². The van der Waals surface area contributed by atoms with Gasteiger partial charge >= 0.3 is 23.9 Å². The van der Waals surface area contributed by atoms with E-state index in [1.165, 1.54) is 28.4 Å². The van der Waals surface area contributed by atoms with Gasteiger partial charge in [-0.2, -0.15) is 0 Å². The van der Waals surface area contributed by atoms with Gasteiger partial charge in [0.15, 0.2) is 0 Å². The largest absolute Gasteiger partial charge is 0.468 e. The van der Waals surface area contributed by atoms with Crippen LogP contribution in [0, 0.1) is 0 Å². The van der Waals surface area contributed by atoms with Crippen LogP contribution in [0.15, 0.2) is 0 Å². The molecule has 0 spiro atoms. The van der Waals surface area contributed by atoms with Crippen molar-refractivity contribution in [3.8, 4) is 0 Å². The van der Waals surface area contributed by atoms with Gasteiger partial charge in [-0.05, 0) is 0 Å². The van der Waals surface area contributed by atoms with E-state index in [1.54, 1.807) is 0 Å². The van der Waals surface area contributed by atoms with Crippen molar-refractivity contribution >= 4 is 23.9 Å². The molecule has 0 N–H and O–H groups in total. The number of methoxy groups -OCH3 is 4. The smallest absolute Gasteiger partial charge is 0.319 e. The van der Waals surface area contributed by atoms with Crippen molar-refractivity contribution < 1.29 is 38.1 Å². The zero-order valence-corrected chi connectivity index (χ0v) is 19.5. The van der Waals surface area contributed by atoms with Crippen LogP contribution in [0.3, 0.4) is 0 Å². The highest BCUT2D eigenvalue weighted by Crippen LogP contribution is 2.02. The zero-order chi connectivity index (χ0) is 23.9. The van der Waals surface area contributed by atoms with Gasteiger partial charge in [0.2, 0.25) is 0 Å². The van der Waals surface area contributed by atoms with Gasteiger partial charge in [0.05, 0.1) is 54.6 Å². The number of hydrogen-bond acceptors (Lipinski definition) is 12. The Morgan fingerprint density at radius 2 is 0.594 bits per heavy atom. The van der Waals surface area contributed by atoms with Crippen molar-refractivity contribution in [2.45, 2.75) is 0 Å². The topological polar surface area (TPSA) is 118 Å². The molecule has 0 radical (unpaired) electrons. The van der Waals surface area contributed by atoms with Crippen molar-refractivity contribution in [1.82, 2.24) is 19.6 Å². The molecule has 1 rings (SSSR count). The maximum atomic E-state index is 11.9. The lowest BCUT2D eigenvalue weighted by molar-refractivity contribution is -0.145. The highest BCUT2D eigenvalue weighted by Gasteiger charge is 2.21. The van der Waals surface area contributed by atoms with E-state index in [-0.39, 0.29) is 50.1 Å². The van der Waals surface area contributed by atoms with E-state index in [1.807, 2.05) is 19.6 Å². The number of rotatable bonds is 8. The molecule has 1 saturated heterocycles. The summed E-state index contributed by atoms with van der Waals surface area (Å²) in [5.41, 5.74) is 0. The molecule has 1 aliphatic heterocycles. The second-order valence-electron chi connectivity index (χ2n) is 7.41. The van der Waals surface area contributed by atoms with Gasteiger partial charge in [-0.15, -0.1) is 0 Å². The molecule has 12 nitrogen and oxygen atoms in total. The molecule has 12 heteroatoms. The van der Waals surface area contributed by atoms with Crippen LogP contribution in [-0.4, -0.2) is 150 Å². The first kappa shape index (κ1) is 27.8. The Labute approximate surface area is 189 Å². The molecule has 1 aliphatic rings. The van der Waals surface area contributed by atoms with Crippen molar-refractivity contribution in [1.29, 1.82) is 0 Å². The van der Waals surface area contributed by atoms with Gasteiger partial charge in [0, 0.05) is 52.4 Å². The Bertz CT molecular complexity index is 498. The SMILES string of the molecule is COC(=O)CN1CCN(CC(=O)OC)CCN(CC(=O)OC)CCN(CC(=O)OC)CC1. The van der Waals surface area contributed by atoms with E-state index < -0.39 is 0 Å². The van der Waals surface area contributed by atoms with Crippen molar-refractivity contribution in [2.75, 3.05) is 107 Å². The van der Waals surface area contributed by atoms with Crippen molar-refractivity contribution in [3.63, 3.8) is 0 Å². The fourth-order valence-electron chi connectivity index (χ4n) is 3.20. The second-order valence-corrected chi connectivity index (χ2v) is 7.41. The molecule has 32 heavy (non-hydrogen) atoms. The summed E-state index contributed by atoms with van der Waals surface area (Å²) in [5, 5.41) is 0. The van der Waals surface area contributed by atoms with E-state index in [9.17, 15) is 19.2 Å². The number of nitrogens with zero attached hydrogens (tertiary/aromatic N) is 4. The zero-order valence-electron chi connectivity index (χ0n) is 19.5. The molecule has 1 fully saturated rings. The molecule has 0 aromatic heterocycles. The first-order valence-corrected chi connectivity index (χ1v) is 10.5. The van der Waals surface area contributed by atoms with Gasteiger partial charge < -0.3 is 18.9 Å². The molecule has 0 saturated carbocycles. The van der Waals surface area contributed by atoms with Crippen LogP contribution < -0.4 is 0 Å². The lowest BCUT2D eigenvalue weighted by Crippen LogP contribution is -2.49. The molecule has 0 atom stereocenters. The summed E-state index contributed by atoms with van der Waals surface area (Å²) in [7, 11) is 5.34. The summed E-state index contributed by atoms with van der Waals surface area (Å²) in [6, 6.07) is 0. The molecule has 0 amide bonds. The summed E-state index contributed by atoms with van der Waals surface area (Å²) in [6.07, 6.45) is 0. The third-order valence-corrected chi connectivity index (χ3v) is 5.25. The first-order chi connectivity index (χ1) is 15.3. The lowest BCUT2D eigenvalue weighted by atomic mass is 10.3. The molecular weight excluding hydrogens is 424 g/mol. The fourth-order valence-corrected chi connectivity index (χ4v) is 3.20. The minimum absolute atomic E-state index is 0.100. The Morgan fingerprint density at radius 1 is 0.438 bits per heavy atom. The molecule has 0 bridgehead atoms. The van der Waals surface area contributed by atoms with Crippen molar-refractivity contribution in [3.05, 3.63) is 0 Å². The minimum Gasteiger partial charge on any atom is -0.468 e. The first-order valence-electron chi connectivity index (χ1n) is 10.5. The van der Waals surface area contributed by atoms with E-state index in [4.69, 9.17) is 18.9 Å². The lowest BCUT2D eigenvalue weighted by Gasteiger charge is -2.33. The monoisotopic (exact) mass is 460 g/mol. The normalized spacial score (nSPS) is 18.1. The molecule has 184 valence electrons. The molecule has 0 aliphatic carbocycles. The molecular formula is C20H36N4O8. The standard InChI is InChI=1S/C20H36N4O8/c1-29-17(25)13-21-5-7-22(14-18(26)30-2)9-11-24(16-20(28)32-4)12-10-23(8-6-21)15-19(27)31-3/h5-16H2,1-4H3. The quantitative estimate of drug-likeness (QED) is 0.292. The fraction of sp³-hybridized carbons (Fsp3) is 0.800. The van der Waals surface area contributed by atoms with E-state index in [2.05, 4.69) is 0 Å². The average Bonchev–Trinajstić information content (AvgIpc) is 2.79. The summed E-state index contributed by atoms with van der Waals surface area (Å²) in [5.74, 6) is -1.44. The van der Waals surface area contributed by atoms with E-state index >= 15 is 0 Å². The summed E-state index contributed by atoms with van der Waals surface area (Å²) >= 11 is 0. The van der Waals surface area contributed by atoms with E-state index in [0.29, 0.717) is 52.4 Å². The third-order valence-electron chi connectivity index (χ3n) is 5.25. The Morgan fingerprint density at radius 3 is 0.719 bits per heavy atom. The molecule has 1 heterocycles. The van der Waals surface area contributed by atoms with Gasteiger partial charge in [-0.3, -0.25) is 38.8 Å². The van der Waals surface area contributed by atoms with Crippen molar-refractivity contribution in [2.24, 2.45) is 0 Å². The number of hydrogen-bond donors (Lipinski definition) is 0. The number of ether oxygens (including phenoxy) is 4. The summed E-state index contributed by atoms with van der Waals surface area (Å²) in [6.45, 7) is 4.47.